The molecule has 0 aromatic heterocycles. The van der Waals surface area contributed by atoms with Gasteiger partial charge in [0.1, 0.15) is 12.1 Å². The maximum atomic E-state index is 14.0. The highest BCUT2D eigenvalue weighted by Crippen LogP contribution is 2.21. The number of rotatable bonds is 61. The average Bonchev–Trinajstić information content (AvgIpc) is 3.46. The molecule has 0 aliphatic heterocycles. The van der Waals surface area contributed by atoms with Gasteiger partial charge in [-0.05, 0) is 89.6 Å². The maximum absolute atomic E-state index is 14.0. The van der Waals surface area contributed by atoms with Gasteiger partial charge in [0, 0.05) is 39.0 Å². The predicted octanol–water partition coefficient (Wildman–Crippen LogP) is 18.0. The van der Waals surface area contributed by atoms with E-state index in [1.807, 2.05) is 9.80 Å². The minimum atomic E-state index is -0.475. The summed E-state index contributed by atoms with van der Waals surface area (Å²) < 4.78 is 0. The first-order chi connectivity index (χ1) is 38.9. The van der Waals surface area contributed by atoms with Crippen LogP contribution in [0.25, 0.3) is 0 Å². The second kappa shape index (κ2) is 57.2. The Morgan fingerprint density at radius 1 is 0.287 bits per heavy atom. The van der Waals surface area contributed by atoms with E-state index in [-0.39, 0.29) is 35.5 Å². The van der Waals surface area contributed by atoms with E-state index in [1.165, 1.54) is 193 Å². The fourth-order valence-electron chi connectivity index (χ4n) is 12.0. The van der Waals surface area contributed by atoms with Crippen LogP contribution in [0.4, 0.5) is 0 Å². The highest BCUT2D eigenvalue weighted by molar-refractivity contribution is 5.88. The zero-order valence-corrected chi connectivity index (χ0v) is 55.5. The molecule has 0 saturated carbocycles. The van der Waals surface area contributed by atoms with E-state index in [0.29, 0.717) is 39.0 Å². The van der Waals surface area contributed by atoms with E-state index in [0.717, 1.165) is 103 Å². The van der Waals surface area contributed by atoms with E-state index >= 15 is 0 Å². The van der Waals surface area contributed by atoms with E-state index in [9.17, 15) is 19.2 Å². The molecule has 0 radical (unpaired) electrons. The molecule has 0 fully saturated rings. The summed E-state index contributed by atoms with van der Waals surface area (Å²) >= 11 is 0. The zero-order valence-electron chi connectivity index (χ0n) is 55.5. The van der Waals surface area contributed by atoms with Gasteiger partial charge in [0.05, 0.1) is 0 Å². The lowest BCUT2D eigenvalue weighted by Crippen LogP contribution is -2.53. The molecular weight excluding hydrogens is 989 g/mol. The largest absolute Gasteiger partial charge is 0.354 e. The van der Waals surface area contributed by atoms with Gasteiger partial charge in [-0.25, -0.2) is 0 Å². The number of nitrogens with zero attached hydrogens (tertiary/aromatic N) is 4. The lowest BCUT2D eigenvalue weighted by molar-refractivity contribution is -0.142. The number of hydrogen-bond donors (Lipinski definition) is 2. The van der Waals surface area contributed by atoms with Gasteiger partial charge in [-0.1, -0.05) is 288 Å². The molecule has 2 N–H and O–H groups in total. The van der Waals surface area contributed by atoms with Crippen LogP contribution in [0.5, 0.6) is 0 Å². The van der Waals surface area contributed by atoms with E-state index in [2.05, 4.69) is 89.7 Å². The third-order valence-corrected chi connectivity index (χ3v) is 17.3. The van der Waals surface area contributed by atoms with Gasteiger partial charge >= 0.3 is 0 Å². The third-order valence-electron chi connectivity index (χ3n) is 17.3. The minimum Gasteiger partial charge on any atom is -0.354 e. The van der Waals surface area contributed by atoms with Gasteiger partial charge in [-0.3, -0.25) is 19.2 Å². The van der Waals surface area contributed by atoms with Crippen molar-refractivity contribution in [1.82, 2.24) is 30.2 Å². The molecule has 2 atom stereocenters. The van der Waals surface area contributed by atoms with Crippen molar-refractivity contribution in [2.45, 2.75) is 351 Å². The first-order valence-corrected chi connectivity index (χ1v) is 35.5. The van der Waals surface area contributed by atoms with Crippen LogP contribution in [0.2, 0.25) is 0 Å². The normalized spacial score (nSPS) is 12.5. The average molecular weight is 1130 g/mol. The second-order valence-electron chi connectivity index (χ2n) is 25.1. The number of amides is 4. The van der Waals surface area contributed by atoms with Crippen molar-refractivity contribution in [1.29, 1.82) is 0 Å². The summed E-state index contributed by atoms with van der Waals surface area (Å²) in [6.07, 6.45) is 51.1. The molecule has 80 heavy (non-hydrogen) atoms. The van der Waals surface area contributed by atoms with Crippen molar-refractivity contribution in [3.05, 3.63) is 0 Å². The summed E-state index contributed by atoms with van der Waals surface area (Å²) in [5, 5.41) is 6.46. The second-order valence-corrected chi connectivity index (χ2v) is 25.1. The molecule has 0 aliphatic rings. The molecule has 0 aliphatic carbocycles. The standard InChI is InChI=1S/C70H140N6O4/c1-11-17-19-21-23-25-27-29-31-33-35-37-39-41-43-45-49-55-65(77)75(61-53-59-73(13-3)14-4)67(63(7)8)69(79)71-57-51-47-48-52-58-72-70(80)68(64(9)10)76(62-54-60-74(15-5)16-6)66(78)56-50-46-44-42-40-38-36-34-32-30-28-26-24-22-20-18-12-2/h63-64,67-68H,11-62H2,1-10H3,(H,71,79)(H,72,80). The van der Waals surface area contributed by atoms with Crippen LogP contribution in [0, 0.1) is 11.8 Å². The molecule has 0 saturated heterocycles. The Balaban J connectivity index is 4.96. The van der Waals surface area contributed by atoms with Crippen LogP contribution in [-0.4, -0.2) is 121 Å². The summed E-state index contributed by atoms with van der Waals surface area (Å²) in [4.78, 5) is 64.4. The highest BCUT2D eigenvalue weighted by Gasteiger charge is 2.33. The molecule has 10 heteroatoms. The van der Waals surface area contributed by atoms with Gasteiger partial charge in [-0.15, -0.1) is 0 Å². The zero-order chi connectivity index (χ0) is 59.1. The molecule has 0 rings (SSSR count). The topological polar surface area (TPSA) is 105 Å². The fraction of sp³-hybridized carbons (Fsp3) is 0.943. The molecule has 4 amide bonds. The van der Waals surface area contributed by atoms with Crippen molar-refractivity contribution in [3.8, 4) is 0 Å². The summed E-state index contributed by atoms with van der Waals surface area (Å²) in [5.41, 5.74) is 0. The minimum absolute atomic E-state index is 0.0125. The Hall–Kier alpha value is -2.20. The Bertz CT molecular complexity index is 1280. The van der Waals surface area contributed by atoms with Crippen molar-refractivity contribution in [2.24, 2.45) is 11.8 Å². The molecule has 2 unspecified atom stereocenters. The molecule has 10 nitrogen and oxygen atoms in total. The van der Waals surface area contributed by atoms with Crippen molar-refractivity contribution in [2.75, 3.05) is 65.4 Å². The number of hydrogen-bond acceptors (Lipinski definition) is 6. The first kappa shape index (κ1) is 77.8. The summed E-state index contributed by atoms with van der Waals surface area (Å²) in [7, 11) is 0. The number of nitrogens with one attached hydrogen (secondary N) is 2. The Morgan fingerprint density at radius 2 is 0.512 bits per heavy atom. The molecule has 0 aromatic carbocycles. The number of unbranched alkanes of at least 4 members (excludes halogenated alkanes) is 35. The van der Waals surface area contributed by atoms with Crippen LogP contribution in [0.15, 0.2) is 0 Å². The van der Waals surface area contributed by atoms with Crippen LogP contribution < -0.4 is 10.6 Å². The maximum Gasteiger partial charge on any atom is 0.243 e. The fourth-order valence-corrected chi connectivity index (χ4v) is 12.0. The predicted molar refractivity (Wildman–Crippen MR) is 348 cm³/mol. The number of carbonyl (C=O) groups is 4. The van der Waals surface area contributed by atoms with Gasteiger partial charge in [-0.2, -0.15) is 0 Å². The van der Waals surface area contributed by atoms with Crippen LogP contribution in [0.1, 0.15) is 339 Å². The van der Waals surface area contributed by atoms with Gasteiger partial charge < -0.3 is 30.2 Å². The summed E-state index contributed by atoms with van der Waals surface area (Å²) in [5.74, 6) is 0.202. The van der Waals surface area contributed by atoms with Gasteiger partial charge in [0.2, 0.25) is 23.6 Å². The third kappa shape index (κ3) is 43.4. The molecule has 0 aromatic rings. The van der Waals surface area contributed by atoms with Crippen LogP contribution >= 0.6 is 0 Å². The summed E-state index contributed by atoms with van der Waals surface area (Å²) in [6, 6.07) is -0.951. The molecule has 474 valence electrons. The molecule has 0 spiro atoms. The molecule has 0 heterocycles. The smallest absolute Gasteiger partial charge is 0.243 e. The molecular formula is C70H140N6O4. The van der Waals surface area contributed by atoms with Gasteiger partial charge in [0.25, 0.3) is 0 Å². The number of carbonyl (C=O) groups excluding carboxylic acids is 4. The van der Waals surface area contributed by atoms with E-state index in [4.69, 9.17) is 0 Å². The van der Waals surface area contributed by atoms with Crippen LogP contribution in [-0.2, 0) is 19.2 Å². The highest BCUT2D eigenvalue weighted by atomic mass is 16.2. The van der Waals surface area contributed by atoms with Crippen molar-refractivity contribution < 1.29 is 19.2 Å². The molecule has 0 bridgehead atoms. The Kier molecular flexibility index (Phi) is 55.7. The monoisotopic (exact) mass is 1130 g/mol. The van der Waals surface area contributed by atoms with Crippen molar-refractivity contribution >= 4 is 23.6 Å². The lowest BCUT2D eigenvalue weighted by Gasteiger charge is -2.34. The van der Waals surface area contributed by atoms with Gasteiger partial charge in [0.15, 0.2) is 0 Å². The Morgan fingerprint density at radius 3 is 0.738 bits per heavy atom. The SMILES string of the molecule is CCCCCCCCCCCCCCCCCCCC(=O)N(CCCN(CC)CC)C(C(=O)NCCCCCCNC(=O)C(C(C)C)N(CCCN(CC)CC)C(=O)CCCCCCCCCCCCCCCCCCC)C(C)C. The quantitative estimate of drug-likeness (QED) is 0.0588. The summed E-state index contributed by atoms with van der Waals surface area (Å²) in [6.45, 7) is 29.8. The van der Waals surface area contributed by atoms with E-state index < -0.39 is 12.1 Å². The lowest BCUT2D eigenvalue weighted by atomic mass is 9.99. The van der Waals surface area contributed by atoms with Crippen molar-refractivity contribution in [3.63, 3.8) is 0 Å². The first-order valence-electron chi connectivity index (χ1n) is 35.5. The van der Waals surface area contributed by atoms with E-state index in [1.54, 1.807) is 0 Å². The Labute approximate surface area is 499 Å². The van der Waals surface area contributed by atoms with Crippen LogP contribution in [0.3, 0.4) is 0 Å².